The maximum Gasteiger partial charge on any atom is 0.339 e. The second kappa shape index (κ2) is 9.79. The number of hydrogen-bond acceptors (Lipinski definition) is 11. The SMILES string of the molecule is C=S1CC(CSc2nc(=O)c(=O)[nH]n2C)=C(C)N2C(=O)C(NC(=O)/C(=N\OC)c3csc(N)n3)C21. The lowest BCUT2D eigenvalue weighted by molar-refractivity contribution is -0.145. The third-order valence-corrected chi connectivity index (χ3v) is 9.06. The molecule has 3 atom stereocenters. The first-order valence-electron chi connectivity index (χ1n) is 10.1. The molecule has 186 valence electrons. The van der Waals surface area contributed by atoms with E-state index in [9.17, 15) is 19.2 Å². The van der Waals surface area contributed by atoms with Crippen molar-refractivity contribution in [1.29, 1.82) is 0 Å². The summed E-state index contributed by atoms with van der Waals surface area (Å²) < 4.78 is 1.38. The Kier molecular flexibility index (Phi) is 6.95. The number of aromatic nitrogens is 4. The first kappa shape index (κ1) is 24.9. The van der Waals surface area contributed by atoms with Crippen molar-refractivity contribution in [2.45, 2.75) is 23.5 Å². The predicted octanol–water partition coefficient (Wildman–Crippen LogP) is -0.708. The quantitative estimate of drug-likeness (QED) is 0.103. The van der Waals surface area contributed by atoms with Gasteiger partial charge in [0.05, 0.1) is 0 Å². The van der Waals surface area contributed by atoms with Crippen molar-refractivity contribution < 1.29 is 14.4 Å². The monoisotopic (exact) mass is 538 g/mol. The standard InChI is InChI=1S/C19H22N8O5S3/c1-8-9(5-34-19-23-14(29)15(30)24-26(19)2)7-35(4)17-12(16(31)27(8)17)22-13(28)11(25-32-3)10-6-33-18(20)21-10/h6,12,17H,4-5,7H2,1-3H3,(H2,20,21)(H,22,28)(H,24,30)/b25-11-. The molecule has 2 amide bonds. The topological polar surface area (TPSA) is 178 Å². The summed E-state index contributed by atoms with van der Waals surface area (Å²) in [7, 11) is 2.39. The molecule has 0 spiro atoms. The van der Waals surface area contributed by atoms with E-state index in [1.165, 1.54) is 23.6 Å². The normalized spacial score (nSPS) is 22.0. The number of aromatic amines is 1. The number of rotatable bonds is 7. The van der Waals surface area contributed by atoms with Gasteiger partial charge in [0.1, 0.15) is 24.2 Å². The van der Waals surface area contributed by atoms with E-state index in [0.29, 0.717) is 16.7 Å². The van der Waals surface area contributed by atoms with Crippen LogP contribution in [0.5, 0.6) is 0 Å². The van der Waals surface area contributed by atoms with Crippen LogP contribution in [0.3, 0.4) is 0 Å². The van der Waals surface area contributed by atoms with Gasteiger partial charge in [-0.15, -0.1) is 11.3 Å². The number of thioether (sulfide) groups is 1. The summed E-state index contributed by atoms with van der Waals surface area (Å²) in [6, 6.07) is -0.757. The van der Waals surface area contributed by atoms with E-state index >= 15 is 0 Å². The van der Waals surface area contributed by atoms with Crippen LogP contribution in [-0.2, 0) is 21.5 Å². The highest BCUT2D eigenvalue weighted by molar-refractivity contribution is 8.15. The number of oxime groups is 1. The molecule has 16 heteroatoms. The molecule has 3 unspecified atom stereocenters. The summed E-state index contributed by atoms with van der Waals surface area (Å²) in [5, 5.41) is 10.8. The van der Waals surface area contributed by atoms with E-state index in [1.54, 1.807) is 17.3 Å². The van der Waals surface area contributed by atoms with Crippen molar-refractivity contribution in [3.63, 3.8) is 0 Å². The van der Waals surface area contributed by atoms with Gasteiger partial charge in [-0.05, 0) is 12.5 Å². The Morgan fingerprint density at radius 1 is 1.46 bits per heavy atom. The number of nitrogens with one attached hydrogen (secondary N) is 2. The number of fused-ring (bicyclic) bond motifs is 1. The van der Waals surface area contributed by atoms with Crippen LogP contribution in [0.1, 0.15) is 12.6 Å². The van der Waals surface area contributed by atoms with Gasteiger partial charge in [-0.1, -0.05) is 22.8 Å². The Bertz CT molecular complexity index is 1410. The molecule has 2 aliphatic heterocycles. The summed E-state index contributed by atoms with van der Waals surface area (Å²) in [5.74, 6) is 4.45. The number of carbonyl (C=O) groups excluding carboxylic acids is 2. The van der Waals surface area contributed by atoms with Gasteiger partial charge in [0.25, 0.3) is 11.8 Å². The van der Waals surface area contributed by atoms with Gasteiger partial charge in [0, 0.05) is 29.6 Å². The van der Waals surface area contributed by atoms with Crippen LogP contribution < -0.4 is 22.2 Å². The maximum atomic E-state index is 13.0. The molecule has 2 aliphatic rings. The summed E-state index contributed by atoms with van der Waals surface area (Å²) in [4.78, 5) is 63.2. The average Bonchev–Trinajstić information content (AvgIpc) is 3.24. The molecule has 4 heterocycles. The van der Waals surface area contributed by atoms with E-state index in [-0.39, 0.29) is 27.8 Å². The number of nitrogens with two attached hydrogens (primary N) is 1. The number of carbonyl (C=O) groups is 2. The van der Waals surface area contributed by atoms with Crippen LogP contribution in [-0.4, -0.2) is 78.1 Å². The molecular weight excluding hydrogens is 516 g/mol. The van der Waals surface area contributed by atoms with Crippen molar-refractivity contribution in [3.05, 3.63) is 43.1 Å². The maximum absolute atomic E-state index is 13.0. The van der Waals surface area contributed by atoms with Crippen LogP contribution in [0.2, 0.25) is 0 Å². The minimum atomic E-state index is -0.856. The van der Waals surface area contributed by atoms with Gasteiger partial charge in [-0.3, -0.25) is 33.9 Å². The Balaban J connectivity index is 1.49. The number of aryl methyl sites for hydroxylation is 1. The number of β-lactam (4-membered cyclic amide) rings is 1. The first-order valence-corrected chi connectivity index (χ1v) is 13.6. The zero-order valence-electron chi connectivity index (χ0n) is 18.9. The fraction of sp³-hybridized carbons (Fsp3) is 0.368. The van der Waals surface area contributed by atoms with Crippen LogP contribution in [0.4, 0.5) is 5.13 Å². The molecule has 0 aromatic carbocycles. The Labute approximate surface area is 209 Å². The summed E-state index contributed by atoms with van der Waals surface area (Å²) in [5.41, 5.74) is 5.95. The van der Waals surface area contributed by atoms with Gasteiger partial charge in [-0.25, -0.2) is 4.98 Å². The third-order valence-electron chi connectivity index (χ3n) is 5.39. The van der Waals surface area contributed by atoms with Crippen LogP contribution in [0.15, 0.2) is 36.6 Å². The van der Waals surface area contributed by atoms with E-state index in [0.717, 1.165) is 22.6 Å². The lowest BCUT2D eigenvalue weighted by Crippen LogP contribution is -2.70. The summed E-state index contributed by atoms with van der Waals surface area (Å²) in [6.07, 6.45) is 0. The Morgan fingerprint density at radius 3 is 2.86 bits per heavy atom. The number of anilines is 1. The van der Waals surface area contributed by atoms with Crippen molar-refractivity contribution in [2.24, 2.45) is 12.2 Å². The lowest BCUT2D eigenvalue weighted by Gasteiger charge is -2.52. The number of hydrogen-bond donors (Lipinski definition) is 3. The van der Waals surface area contributed by atoms with E-state index in [4.69, 9.17) is 10.6 Å². The molecule has 4 N–H and O–H groups in total. The minimum Gasteiger partial charge on any atom is -0.398 e. The van der Waals surface area contributed by atoms with Crippen LogP contribution in [0.25, 0.3) is 0 Å². The van der Waals surface area contributed by atoms with Gasteiger partial charge in [0.15, 0.2) is 16.0 Å². The molecule has 0 bridgehead atoms. The van der Waals surface area contributed by atoms with Crippen molar-refractivity contribution in [3.8, 4) is 0 Å². The number of H-pyrrole nitrogens is 1. The average molecular weight is 539 g/mol. The Morgan fingerprint density at radius 2 is 2.20 bits per heavy atom. The summed E-state index contributed by atoms with van der Waals surface area (Å²) in [6.45, 7) is 1.84. The number of allylic oxidation sites excluding steroid dienone is 1. The third kappa shape index (κ3) is 4.68. The van der Waals surface area contributed by atoms with E-state index < -0.39 is 33.6 Å². The molecular formula is C19H22N8O5S3. The molecule has 0 aliphatic carbocycles. The highest BCUT2D eigenvalue weighted by Gasteiger charge is 2.52. The smallest absolute Gasteiger partial charge is 0.339 e. The fourth-order valence-corrected chi connectivity index (χ4v) is 7.40. The van der Waals surface area contributed by atoms with Crippen LogP contribution >= 0.6 is 33.6 Å². The van der Waals surface area contributed by atoms with Crippen LogP contribution in [0, 0.1) is 0 Å². The largest absolute Gasteiger partial charge is 0.398 e. The number of thiazole rings is 1. The highest BCUT2D eigenvalue weighted by atomic mass is 32.2. The zero-order chi connectivity index (χ0) is 25.4. The predicted molar refractivity (Wildman–Crippen MR) is 136 cm³/mol. The van der Waals surface area contributed by atoms with Crippen molar-refractivity contribution >= 4 is 62.1 Å². The van der Waals surface area contributed by atoms with Gasteiger partial charge in [0.2, 0.25) is 0 Å². The lowest BCUT2D eigenvalue weighted by atomic mass is 10.0. The second-order valence-electron chi connectivity index (χ2n) is 7.60. The molecule has 1 saturated heterocycles. The molecule has 2 aromatic rings. The minimum absolute atomic E-state index is 0.0742. The van der Waals surface area contributed by atoms with E-state index in [2.05, 4.69) is 31.4 Å². The summed E-state index contributed by atoms with van der Waals surface area (Å²) >= 11 is 2.44. The number of amides is 2. The molecule has 2 aromatic heterocycles. The highest BCUT2D eigenvalue weighted by Crippen LogP contribution is 2.44. The van der Waals surface area contributed by atoms with Crippen molar-refractivity contribution in [2.75, 3.05) is 24.3 Å². The zero-order valence-corrected chi connectivity index (χ0v) is 21.4. The Hall–Kier alpha value is -3.24. The van der Waals surface area contributed by atoms with Gasteiger partial charge in [-0.2, -0.15) is 15.5 Å². The molecule has 0 radical (unpaired) electrons. The second-order valence-corrected chi connectivity index (χ2v) is 11.3. The first-order chi connectivity index (χ1) is 16.6. The molecule has 4 rings (SSSR count). The molecule has 13 nitrogen and oxygen atoms in total. The number of nitrogens with zero attached hydrogens (tertiary/aromatic N) is 5. The fourth-order valence-electron chi connectivity index (χ4n) is 3.67. The molecule has 35 heavy (non-hydrogen) atoms. The number of nitrogen functional groups attached to an aromatic ring is 1. The van der Waals surface area contributed by atoms with Crippen molar-refractivity contribution in [1.82, 2.24) is 30.0 Å². The van der Waals surface area contributed by atoms with Gasteiger partial charge < -0.3 is 15.9 Å². The van der Waals surface area contributed by atoms with E-state index in [1.807, 2.05) is 6.92 Å². The molecule has 0 saturated carbocycles. The van der Waals surface area contributed by atoms with Gasteiger partial charge >= 0.3 is 11.1 Å². The molecule has 1 fully saturated rings.